The molecule has 11 heteroatoms. The number of aryl methyl sites for hydroxylation is 1. The number of hydrogen-bond donors (Lipinski definition) is 0. The zero-order valence-corrected chi connectivity index (χ0v) is 29.3. The number of hydrogen-bond acceptors (Lipinski definition) is 7. The number of benzene rings is 2. The number of ketones is 1. The molecule has 1 amide bonds. The van der Waals surface area contributed by atoms with E-state index >= 15 is 0 Å². The van der Waals surface area contributed by atoms with E-state index in [9.17, 15) is 23.3 Å². The highest BCUT2D eigenvalue weighted by Crippen LogP contribution is 2.24. The quantitative estimate of drug-likeness (QED) is 0.190. The number of rotatable bonds is 14. The van der Waals surface area contributed by atoms with Crippen LogP contribution in [0.3, 0.4) is 0 Å². The molecule has 0 radical (unpaired) electrons. The molecule has 1 unspecified atom stereocenters. The van der Waals surface area contributed by atoms with Crippen LogP contribution in [0.25, 0.3) is 0 Å². The Hall–Kier alpha value is -4.11. The molecule has 0 N–H and O–H groups in total. The lowest BCUT2D eigenvalue weighted by molar-refractivity contribution is -0.184. The summed E-state index contributed by atoms with van der Waals surface area (Å²) in [6, 6.07) is 16.6. The molecule has 0 spiro atoms. The molecule has 1 aliphatic heterocycles. The number of aromatic nitrogens is 1. The highest BCUT2D eigenvalue weighted by molar-refractivity contribution is 7.90. The minimum atomic E-state index is -4.21. The van der Waals surface area contributed by atoms with Crippen LogP contribution in [0.15, 0.2) is 76.2 Å². The van der Waals surface area contributed by atoms with Gasteiger partial charge in [-0.3, -0.25) is 9.59 Å². The predicted octanol–water partition coefficient (Wildman–Crippen LogP) is 6.07. The Bertz CT molecular complexity index is 1760. The van der Waals surface area contributed by atoms with E-state index in [1.165, 1.54) is 29.0 Å². The van der Waals surface area contributed by atoms with Crippen LogP contribution in [0.1, 0.15) is 91.3 Å². The number of nitrogens with zero attached hydrogens (tertiary/aromatic N) is 4. The van der Waals surface area contributed by atoms with Crippen LogP contribution < -0.4 is 5.49 Å². The van der Waals surface area contributed by atoms with E-state index in [0.717, 1.165) is 18.4 Å². The zero-order valence-electron chi connectivity index (χ0n) is 28.5. The molecule has 1 fully saturated rings. The van der Waals surface area contributed by atoms with Gasteiger partial charge in [-0.1, -0.05) is 57.5 Å². The maximum atomic E-state index is 14.3. The number of amides is 1. The van der Waals surface area contributed by atoms with Crippen molar-refractivity contribution in [2.24, 2.45) is 16.2 Å². The number of nitriles is 1. The van der Waals surface area contributed by atoms with Crippen LogP contribution in [-0.2, 0) is 19.5 Å². The summed E-state index contributed by atoms with van der Waals surface area (Å²) in [6.45, 7) is 12.3. The number of sulfonamides is 1. The van der Waals surface area contributed by atoms with Crippen molar-refractivity contribution >= 4 is 21.7 Å². The molecule has 3 aromatic rings. The van der Waals surface area contributed by atoms with Crippen LogP contribution in [0.2, 0.25) is 0 Å². The van der Waals surface area contributed by atoms with E-state index in [0.29, 0.717) is 61.3 Å². The number of ether oxygens (including phenoxy) is 2. The van der Waals surface area contributed by atoms with Gasteiger partial charge in [0.25, 0.3) is 15.9 Å². The number of carbonyl (C=O) groups is 2. The van der Waals surface area contributed by atoms with Crippen LogP contribution in [0.4, 0.5) is 0 Å². The van der Waals surface area contributed by atoms with Gasteiger partial charge in [0.2, 0.25) is 0 Å². The maximum Gasteiger partial charge on any atom is 0.284 e. The molecule has 0 bridgehead atoms. The average Bonchev–Trinajstić information content (AvgIpc) is 3.07. The van der Waals surface area contributed by atoms with E-state index < -0.39 is 22.4 Å². The fourth-order valence-electron chi connectivity index (χ4n) is 5.28. The van der Waals surface area contributed by atoms with Gasteiger partial charge in [-0.05, 0) is 74.4 Å². The van der Waals surface area contributed by atoms with Crippen molar-refractivity contribution in [3.63, 3.8) is 0 Å². The van der Waals surface area contributed by atoms with Gasteiger partial charge >= 0.3 is 0 Å². The third kappa shape index (κ3) is 9.95. The first kappa shape index (κ1) is 36.7. The van der Waals surface area contributed by atoms with Crippen LogP contribution in [0, 0.1) is 30.1 Å². The number of pyridine rings is 1. The van der Waals surface area contributed by atoms with E-state index in [2.05, 4.69) is 38.2 Å². The molecule has 0 aliphatic carbocycles. The molecule has 4 rings (SSSR count). The fraction of sp³-hybridized carbons (Fsp3) is 0.459. The molecule has 1 aromatic heterocycles. The maximum absolute atomic E-state index is 14.3. The van der Waals surface area contributed by atoms with Crippen molar-refractivity contribution in [3.05, 3.63) is 94.6 Å². The SMILES string of the molecule is Cc1ccc(S(=O)(=O)N=c2ccc(C(=O)N(CCC(C)C)CCC(C)C)cn2C(CC2OCCCO2)C(=O)c2ccc(C#N)cc2)cc1. The van der Waals surface area contributed by atoms with Crippen molar-refractivity contribution in [2.75, 3.05) is 26.3 Å². The molecule has 2 aromatic carbocycles. The monoisotopic (exact) mass is 674 g/mol. The molecule has 1 aliphatic rings. The lowest BCUT2D eigenvalue weighted by Gasteiger charge is -2.29. The van der Waals surface area contributed by atoms with Gasteiger partial charge in [-0.15, -0.1) is 4.40 Å². The summed E-state index contributed by atoms with van der Waals surface area (Å²) >= 11 is 0. The summed E-state index contributed by atoms with van der Waals surface area (Å²) in [5.74, 6) is 0.199. The van der Waals surface area contributed by atoms with Crippen LogP contribution >= 0.6 is 0 Å². The summed E-state index contributed by atoms with van der Waals surface area (Å²) in [4.78, 5) is 30.2. The molecule has 10 nitrogen and oxygen atoms in total. The highest BCUT2D eigenvalue weighted by atomic mass is 32.2. The molecule has 48 heavy (non-hydrogen) atoms. The predicted molar refractivity (Wildman–Crippen MR) is 183 cm³/mol. The first-order valence-electron chi connectivity index (χ1n) is 16.5. The second-order valence-electron chi connectivity index (χ2n) is 13.0. The van der Waals surface area contributed by atoms with E-state index in [4.69, 9.17) is 9.47 Å². The Morgan fingerprint density at radius 1 is 0.917 bits per heavy atom. The third-order valence-electron chi connectivity index (χ3n) is 8.22. The van der Waals surface area contributed by atoms with Gasteiger partial charge < -0.3 is 18.9 Å². The molecule has 256 valence electrons. The topological polar surface area (TPSA) is 131 Å². The summed E-state index contributed by atoms with van der Waals surface area (Å²) in [5.41, 5.74) is 1.88. The summed E-state index contributed by atoms with van der Waals surface area (Å²) in [6.07, 6.45) is 3.18. The smallest absolute Gasteiger partial charge is 0.284 e. The van der Waals surface area contributed by atoms with Crippen LogP contribution in [0.5, 0.6) is 0 Å². The molecule has 0 saturated carbocycles. The van der Waals surface area contributed by atoms with Gasteiger partial charge in [0.05, 0.1) is 35.3 Å². The van der Waals surface area contributed by atoms with E-state index in [1.54, 1.807) is 42.5 Å². The Kier molecular flexibility index (Phi) is 12.9. The summed E-state index contributed by atoms with van der Waals surface area (Å²) in [7, 11) is -4.21. The molecular weight excluding hydrogens is 628 g/mol. The second kappa shape index (κ2) is 16.8. The van der Waals surface area contributed by atoms with Gasteiger partial charge in [0.15, 0.2) is 12.1 Å². The van der Waals surface area contributed by atoms with Gasteiger partial charge in [-0.2, -0.15) is 13.7 Å². The van der Waals surface area contributed by atoms with Crippen molar-refractivity contribution in [2.45, 2.75) is 77.5 Å². The molecule has 1 atom stereocenters. The van der Waals surface area contributed by atoms with Gasteiger partial charge in [0, 0.05) is 31.3 Å². The number of Topliss-reactive ketones (excluding diaryl/α,β-unsaturated/α-hetero) is 1. The first-order chi connectivity index (χ1) is 22.9. The Morgan fingerprint density at radius 3 is 2.06 bits per heavy atom. The molecule has 1 saturated heterocycles. The van der Waals surface area contributed by atoms with E-state index in [-0.39, 0.29) is 28.5 Å². The van der Waals surface area contributed by atoms with Crippen molar-refractivity contribution in [1.29, 1.82) is 5.26 Å². The zero-order chi connectivity index (χ0) is 34.8. The second-order valence-corrected chi connectivity index (χ2v) is 14.7. The molecule has 2 heterocycles. The average molecular weight is 675 g/mol. The number of carbonyl (C=O) groups excluding carboxylic acids is 2. The summed E-state index contributed by atoms with van der Waals surface area (Å²) in [5, 5.41) is 9.31. The Morgan fingerprint density at radius 2 is 1.50 bits per heavy atom. The molecular formula is C37H46N4O6S. The summed E-state index contributed by atoms with van der Waals surface area (Å²) < 4.78 is 44.5. The Labute approximate surface area is 284 Å². The fourth-order valence-corrected chi connectivity index (χ4v) is 6.26. The normalized spacial score (nSPS) is 15.0. The lowest BCUT2D eigenvalue weighted by atomic mass is 9.99. The van der Waals surface area contributed by atoms with Crippen molar-refractivity contribution in [3.8, 4) is 6.07 Å². The van der Waals surface area contributed by atoms with Crippen molar-refractivity contribution < 1.29 is 27.5 Å². The highest BCUT2D eigenvalue weighted by Gasteiger charge is 2.30. The third-order valence-corrected chi connectivity index (χ3v) is 9.52. The van der Waals surface area contributed by atoms with Gasteiger partial charge in [0.1, 0.15) is 11.5 Å². The minimum absolute atomic E-state index is 0.00210. The van der Waals surface area contributed by atoms with E-state index in [1.807, 2.05) is 11.8 Å². The van der Waals surface area contributed by atoms with Crippen molar-refractivity contribution in [1.82, 2.24) is 9.47 Å². The lowest BCUT2D eigenvalue weighted by Crippen LogP contribution is -2.38. The standard InChI is InChI=1S/C37H46N4O6S/c1-26(2)17-19-40(20-18-27(3)4)37(43)31-13-16-34(39-48(44,45)32-14-7-28(5)8-15-32)41(25-31)33(23-35-46-21-6-22-47-35)36(42)30-11-9-29(24-38)10-12-30/h7-16,25-27,33,35H,6,17-23H2,1-5H3. The first-order valence-corrected chi connectivity index (χ1v) is 18.0. The van der Waals surface area contributed by atoms with Crippen LogP contribution in [-0.4, -0.2) is 62.2 Å². The minimum Gasteiger partial charge on any atom is -0.352 e. The van der Waals surface area contributed by atoms with Gasteiger partial charge in [-0.25, -0.2) is 0 Å². The Balaban J connectivity index is 1.89. The largest absolute Gasteiger partial charge is 0.352 e.